The van der Waals surface area contributed by atoms with E-state index in [9.17, 15) is 4.79 Å². The first-order valence-electron chi connectivity index (χ1n) is 8.17. The van der Waals surface area contributed by atoms with Crippen LogP contribution in [0.4, 0.5) is 0 Å². The van der Waals surface area contributed by atoms with Gasteiger partial charge in [0.25, 0.3) is 0 Å². The summed E-state index contributed by atoms with van der Waals surface area (Å²) in [7, 11) is 0. The largest absolute Gasteiger partial charge is 0.478 e. The molecule has 3 heteroatoms. The molecule has 3 aromatic rings. The number of benzene rings is 2. The third kappa shape index (κ3) is 4.42. The molecule has 1 aromatic heterocycles. The fraction of sp³-hybridized carbons (Fsp3) is 0.0909. The maximum absolute atomic E-state index is 11.1. The molecule has 124 valence electrons. The molecule has 0 amide bonds. The van der Waals surface area contributed by atoms with Gasteiger partial charge in [-0.3, -0.25) is 0 Å². The molecule has 0 aliphatic heterocycles. The van der Waals surface area contributed by atoms with Gasteiger partial charge < -0.3 is 5.11 Å². The lowest BCUT2D eigenvalue weighted by Crippen LogP contribution is -2.37. The molecule has 0 fully saturated rings. The van der Waals surface area contributed by atoms with Gasteiger partial charge in [0.1, 0.15) is 0 Å². The Morgan fingerprint density at radius 3 is 2.64 bits per heavy atom. The molecular formula is C22H20NO2+. The van der Waals surface area contributed by atoms with Crippen LogP contribution < -0.4 is 4.57 Å². The number of carbonyl (C=O) groups is 1. The molecule has 0 saturated heterocycles. The zero-order chi connectivity index (χ0) is 17.6. The van der Waals surface area contributed by atoms with Crippen molar-refractivity contribution in [2.24, 2.45) is 0 Å². The van der Waals surface area contributed by atoms with Crippen LogP contribution in [-0.4, -0.2) is 11.1 Å². The molecular weight excluding hydrogens is 310 g/mol. The molecule has 0 atom stereocenters. The molecule has 0 spiro atoms. The highest BCUT2D eigenvalue weighted by Gasteiger charge is 2.10. The van der Waals surface area contributed by atoms with Crippen molar-refractivity contribution in [1.82, 2.24) is 0 Å². The first kappa shape index (κ1) is 16.7. The van der Waals surface area contributed by atoms with Gasteiger partial charge in [0.2, 0.25) is 5.69 Å². The smallest absolute Gasteiger partial charge is 0.335 e. The average Bonchev–Trinajstić information content (AvgIpc) is 2.61. The van der Waals surface area contributed by atoms with Crippen molar-refractivity contribution >= 4 is 18.1 Å². The second kappa shape index (κ2) is 7.58. The number of aromatic carboxylic acids is 1. The van der Waals surface area contributed by atoms with Crippen molar-refractivity contribution in [1.29, 1.82) is 0 Å². The Bertz CT molecular complexity index is 929. The van der Waals surface area contributed by atoms with Crippen LogP contribution in [0.2, 0.25) is 0 Å². The summed E-state index contributed by atoms with van der Waals surface area (Å²) in [5, 5.41) is 9.14. The number of aryl methyl sites for hydroxylation is 1. The lowest BCUT2D eigenvalue weighted by Gasteiger charge is -2.03. The monoisotopic (exact) mass is 330 g/mol. The van der Waals surface area contributed by atoms with Gasteiger partial charge >= 0.3 is 5.97 Å². The van der Waals surface area contributed by atoms with E-state index in [-0.39, 0.29) is 0 Å². The maximum Gasteiger partial charge on any atom is 0.335 e. The van der Waals surface area contributed by atoms with Gasteiger partial charge in [-0.2, -0.15) is 4.57 Å². The number of hydrogen-bond acceptors (Lipinski definition) is 1. The summed E-state index contributed by atoms with van der Waals surface area (Å²) in [5.74, 6) is -0.903. The molecule has 1 heterocycles. The Morgan fingerprint density at radius 2 is 1.84 bits per heavy atom. The van der Waals surface area contributed by atoms with E-state index >= 15 is 0 Å². The summed E-state index contributed by atoms with van der Waals surface area (Å²) in [6.07, 6.45) is 6.17. The van der Waals surface area contributed by atoms with E-state index in [0.717, 1.165) is 16.8 Å². The lowest BCUT2D eigenvalue weighted by atomic mass is 10.1. The molecule has 0 unspecified atom stereocenters. The Kier molecular flexibility index (Phi) is 5.05. The van der Waals surface area contributed by atoms with E-state index in [1.165, 1.54) is 5.56 Å². The van der Waals surface area contributed by atoms with Crippen LogP contribution in [0.5, 0.6) is 0 Å². The normalized spacial score (nSPS) is 10.9. The minimum Gasteiger partial charge on any atom is -0.478 e. The summed E-state index contributed by atoms with van der Waals surface area (Å²) in [4.78, 5) is 11.1. The zero-order valence-corrected chi connectivity index (χ0v) is 14.1. The first-order valence-corrected chi connectivity index (χ1v) is 8.17. The minimum atomic E-state index is -0.903. The molecule has 25 heavy (non-hydrogen) atoms. The summed E-state index contributed by atoms with van der Waals surface area (Å²) in [6.45, 7) is 2.70. The number of carboxylic acid groups (broad SMARTS) is 1. The van der Waals surface area contributed by atoms with Gasteiger partial charge in [-0.15, -0.1) is 0 Å². The number of pyridine rings is 1. The van der Waals surface area contributed by atoms with E-state index < -0.39 is 5.97 Å². The second-order valence-corrected chi connectivity index (χ2v) is 6.01. The molecule has 0 aliphatic carbocycles. The molecule has 1 N–H and O–H groups in total. The summed E-state index contributed by atoms with van der Waals surface area (Å²) >= 11 is 0. The van der Waals surface area contributed by atoms with Crippen molar-refractivity contribution < 1.29 is 14.5 Å². The van der Waals surface area contributed by atoms with Crippen molar-refractivity contribution in [3.63, 3.8) is 0 Å². The topological polar surface area (TPSA) is 41.2 Å². The highest BCUT2D eigenvalue weighted by Crippen LogP contribution is 2.09. The predicted octanol–water partition coefficient (Wildman–Crippen LogP) is 4.20. The van der Waals surface area contributed by atoms with Gasteiger partial charge in [-0.05, 0) is 36.8 Å². The zero-order valence-electron chi connectivity index (χ0n) is 14.1. The molecule has 2 aromatic carbocycles. The van der Waals surface area contributed by atoms with Gasteiger partial charge in [-0.1, -0.05) is 42.0 Å². The molecule has 3 rings (SSSR count). The molecule has 0 aliphatic rings. The Hall–Kier alpha value is -3.20. The van der Waals surface area contributed by atoms with E-state index in [0.29, 0.717) is 12.1 Å². The number of aromatic nitrogens is 1. The number of hydrogen-bond donors (Lipinski definition) is 1. The first-order chi connectivity index (χ1) is 12.1. The number of nitrogens with zero attached hydrogens (tertiary/aromatic N) is 1. The standard InChI is InChI=1S/C22H19NO2/c1-17-6-4-7-18(14-17)11-12-21-10-2-3-13-23(21)16-19-8-5-9-20(15-19)22(24)25/h2-15H,16H2,1H3/p+1/b12-11+. The lowest BCUT2D eigenvalue weighted by molar-refractivity contribution is -0.690. The van der Waals surface area contributed by atoms with Crippen LogP contribution in [-0.2, 0) is 6.54 Å². The molecule has 3 nitrogen and oxygen atoms in total. The highest BCUT2D eigenvalue weighted by atomic mass is 16.4. The Morgan fingerprint density at radius 1 is 1.00 bits per heavy atom. The second-order valence-electron chi connectivity index (χ2n) is 6.01. The highest BCUT2D eigenvalue weighted by molar-refractivity contribution is 5.87. The summed E-state index contributed by atoms with van der Waals surface area (Å²) < 4.78 is 2.10. The molecule has 0 radical (unpaired) electrons. The van der Waals surface area contributed by atoms with Gasteiger partial charge in [0, 0.05) is 23.8 Å². The van der Waals surface area contributed by atoms with Gasteiger partial charge in [0.05, 0.1) is 5.56 Å². The third-order valence-electron chi connectivity index (χ3n) is 3.99. The van der Waals surface area contributed by atoms with E-state index in [2.05, 4.69) is 41.8 Å². The molecule has 0 bridgehead atoms. The summed E-state index contributed by atoms with van der Waals surface area (Å²) in [6, 6.07) is 21.4. The van der Waals surface area contributed by atoms with Crippen LogP contribution in [0, 0.1) is 6.92 Å². The average molecular weight is 330 g/mol. The van der Waals surface area contributed by atoms with Crippen LogP contribution in [0.15, 0.2) is 72.9 Å². The summed E-state index contributed by atoms with van der Waals surface area (Å²) in [5.41, 5.74) is 4.72. The van der Waals surface area contributed by atoms with Crippen LogP contribution in [0.1, 0.15) is 32.7 Å². The third-order valence-corrected chi connectivity index (χ3v) is 3.99. The van der Waals surface area contributed by atoms with Crippen molar-refractivity contribution in [2.75, 3.05) is 0 Å². The fourth-order valence-electron chi connectivity index (χ4n) is 2.74. The Labute approximate surface area is 147 Å². The SMILES string of the molecule is Cc1cccc(/C=C/c2cccc[n+]2Cc2cccc(C(=O)O)c2)c1. The number of carboxylic acids is 1. The predicted molar refractivity (Wildman–Crippen MR) is 99.2 cm³/mol. The van der Waals surface area contributed by atoms with E-state index in [1.807, 2.05) is 36.5 Å². The molecule has 0 saturated carbocycles. The van der Waals surface area contributed by atoms with E-state index in [4.69, 9.17) is 5.11 Å². The van der Waals surface area contributed by atoms with Crippen molar-refractivity contribution in [3.05, 3.63) is 101 Å². The quantitative estimate of drug-likeness (QED) is 0.712. The minimum absolute atomic E-state index is 0.311. The van der Waals surface area contributed by atoms with Crippen molar-refractivity contribution in [2.45, 2.75) is 13.5 Å². The van der Waals surface area contributed by atoms with Crippen LogP contribution in [0.25, 0.3) is 12.2 Å². The van der Waals surface area contributed by atoms with Gasteiger partial charge in [-0.25, -0.2) is 4.79 Å². The van der Waals surface area contributed by atoms with Crippen LogP contribution in [0.3, 0.4) is 0 Å². The maximum atomic E-state index is 11.1. The van der Waals surface area contributed by atoms with Crippen molar-refractivity contribution in [3.8, 4) is 0 Å². The van der Waals surface area contributed by atoms with E-state index in [1.54, 1.807) is 18.2 Å². The number of rotatable bonds is 5. The Balaban J connectivity index is 1.86. The van der Waals surface area contributed by atoms with Gasteiger partial charge in [0.15, 0.2) is 12.7 Å². The van der Waals surface area contributed by atoms with Crippen LogP contribution >= 0.6 is 0 Å². The fourth-order valence-corrected chi connectivity index (χ4v) is 2.74.